The van der Waals surface area contributed by atoms with E-state index in [1.54, 1.807) is 11.9 Å². The number of amidine groups is 1. The summed E-state index contributed by atoms with van der Waals surface area (Å²) in [7, 11) is 1.75. The van der Waals surface area contributed by atoms with Gasteiger partial charge in [0.1, 0.15) is 17.4 Å². The average Bonchev–Trinajstić information content (AvgIpc) is 2.63. The van der Waals surface area contributed by atoms with Gasteiger partial charge in [0.2, 0.25) is 0 Å². The maximum Gasteiger partial charge on any atom is 0.165 e. The summed E-state index contributed by atoms with van der Waals surface area (Å²) in [6, 6.07) is 3.79. The van der Waals surface area contributed by atoms with Crippen LogP contribution >= 0.6 is 0 Å². The molecule has 0 saturated heterocycles. The first-order valence-corrected chi connectivity index (χ1v) is 5.35. The second-order valence-corrected chi connectivity index (χ2v) is 3.21. The molecular weight excluding hydrogens is 221 g/mol. The van der Waals surface area contributed by atoms with Crippen LogP contribution in [0.2, 0.25) is 0 Å². The molecule has 1 aliphatic rings. The topological polar surface area (TPSA) is 47.9 Å². The highest BCUT2D eigenvalue weighted by Crippen LogP contribution is 2.22. The molecule has 1 aromatic carbocycles. The summed E-state index contributed by atoms with van der Waals surface area (Å²) >= 11 is 0. The maximum absolute atomic E-state index is 12.8. The number of nitrogens with zero attached hydrogens (tertiary/aromatic N) is 2. The first-order valence-electron chi connectivity index (χ1n) is 5.35. The predicted molar refractivity (Wildman–Crippen MR) is 66.0 cm³/mol. The zero-order valence-electron chi connectivity index (χ0n) is 10.2. The van der Waals surface area contributed by atoms with Gasteiger partial charge in [0.15, 0.2) is 5.84 Å². The van der Waals surface area contributed by atoms with Crippen molar-refractivity contribution in [1.82, 2.24) is 10.3 Å². The van der Waals surface area contributed by atoms with Crippen LogP contribution in [0.1, 0.15) is 19.4 Å². The Morgan fingerprint density at radius 3 is 2.53 bits per heavy atom. The Kier molecular flexibility index (Phi) is 4.09. The number of hydrazone groups is 1. The lowest BCUT2D eigenvalue weighted by Crippen LogP contribution is -2.22. The van der Waals surface area contributed by atoms with Crippen molar-refractivity contribution in [3.63, 3.8) is 0 Å². The van der Waals surface area contributed by atoms with Crippen molar-refractivity contribution in [2.75, 3.05) is 7.05 Å². The number of rotatable bonds is 1. The lowest BCUT2D eigenvalue weighted by molar-refractivity contribution is 0.466. The Bertz CT molecular complexity index is 457. The van der Waals surface area contributed by atoms with Gasteiger partial charge in [-0.05, 0) is 12.1 Å². The zero-order valence-corrected chi connectivity index (χ0v) is 10.2. The van der Waals surface area contributed by atoms with E-state index in [1.165, 1.54) is 12.1 Å². The van der Waals surface area contributed by atoms with E-state index in [4.69, 9.17) is 0 Å². The van der Waals surface area contributed by atoms with Gasteiger partial charge < -0.3 is 10.0 Å². The van der Waals surface area contributed by atoms with Crippen molar-refractivity contribution in [3.05, 3.63) is 42.0 Å². The molecule has 0 bridgehead atoms. The van der Waals surface area contributed by atoms with Gasteiger partial charge in [-0.25, -0.2) is 4.39 Å². The minimum atomic E-state index is -0.482. The molecule has 0 radical (unpaired) electrons. The van der Waals surface area contributed by atoms with Crippen molar-refractivity contribution in [2.24, 2.45) is 5.10 Å². The Labute approximate surface area is 100 Å². The molecule has 17 heavy (non-hydrogen) atoms. The van der Waals surface area contributed by atoms with Gasteiger partial charge in [0, 0.05) is 13.1 Å². The van der Waals surface area contributed by atoms with Crippen molar-refractivity contribution >= 4 is 5.84 Å². The molecular formula is C12H16FN3O. The van der Waals surface area contributed by atoms with E-state index in [9.17, 15) is 9.50 Å². The lowest BCUT2D eigenvalue weighted by Gasteiger charge is -2.14. The summed E-state index contributed by atoms with van der Waals surface area (Å²) in [5.74, 6) is 0.493. The molecule has 0 unspecified atom stereocenters. The van der Waals surface area contributed by atoms with E-state index < -0.39 is 5.82 Å². The molecule has 2 rings (SSSR count). The van der Waals surface area contributed by atoms with Gasteiger partial charge in [-0.3, -0.25) is 5.43 Å². The smallest absolute Gasteiger partial charge is 0.165 e. The van der Waals surface area contributed by atoms with Crippen LogP contribution in [0.15, 0.2) is 35.7 Å². The van der Waals surface area contributed by atoms with Crippen LogP contribution in [0.3, 0.4) is 0 Å². The minimum Gasteiger partial charge on any atom is -0.507 e. The second-order valence-electron chi connectivity index (χ2n) is 3.21. The van der Waals surface area contributed by atoms with Crippen molar-refractivity contribution in [1.29, 1.82) is 0 Å². The Hall–Kier alpha value is -2.04. The highest BCUT2D eigenvalue weighted by Gasteiger charge is 2.20. The third-order valence-corrected chi connectivity index (χ3v) is 2.21. The Balaban J connectivity index is 0.000000686. The summed E-state index contributed by atoms with van der Waals surface area (Å²) in [5.41, 5.74) is 3.14. The van der Waals surface area contributed by atoms with E-state index in [0.717, 1.165) is 6.07 Å². The summed E-state index contributed by atoms with van der Waals surface area (Å²) < 4.78 is 12.8. The number of benzene rings is 1. The van der Waals surface area contributed by atoms with E-state index in [-0.39, 0.29) is 5.75 Å². The number of phenolic OH excluding ortho intramolecular Hbond substituents is 1. The number of phenols is 1. The fourth-order valence-corrected chi connectivity index (χ4v) is 1.33. The highest BCUT2D eigenvalue weighted by molar-refractivity contribution is 6.02. The predicted octanol–water partition coefficient (Wildman–Crippen LogP) is 2.23. The first-order chi connectivity index (χ1) is 8.09. The van der Waals surface area contributed by atoms with E-state index >= 15 is 0 Å². The molecule has 0 aliphatic carbocycles. The van der Waals surface area contributed by atoms with Gasteiger partial charge >= 0.3 is 0 Å². The minimum absolute atomic E-state index is 0.142. The molecule has 0 atom stereocenters. The Morgan fingerprint density at radius 2 is 2.06 bits per heavy atom. The SMILES string of the molecule is C=C1NN=C(c2ccc(F)cc2O)N1C.CC. The van der Waals surface area contributed by atoms with Crippen LogP contribution in [0.4, 0.5) is 4.39 Å². The third kappa shape index (κ3) is 2.55. The molecule has 92 valence electrons. The molecule has 2 N–H and O–H groups in total. The summed E-state index contributed by atoms with van der Waals surface area (Å²) in [4.78, 5) is 1.67. The van der Waals surface area contributed by atoms with Crippen LogP contribution in [0.5, 0.6) is 5.75 Å². The third-order valence-electron chi connectivity index (χ3n) is 2.21. The van der Waals surface area contributed by atoms with Gasteiger partial charge in [0.05, 0.1) is 5.56 Å². The molecule has 1 heterocycles. The monoisotopic (exact) mass is 237 g/mol. The van der Waals surface area contributed by atoms with Crippen LogP contribution in [-0.4, -0.2) is 22.9 Å². The molecule has 0 amide bonds. The quantitative estimate of drug-likeness (QED) is 0.787. The fourth-order valence-electron chi connectivity index (χ4n) is 1.33. The Morgan fingerprint density at radius 1 is 1.41 bits per heavy atom. The number of halogens is 1. The zero-order chi connectivity index (χ0) is 13.0. The largest absolute Gasteiger partial charge is 0.507 e. The number of hydrogen-bond acceptors (Lipinski definition) is 4. The summed E-state index contributed by atoms with van der Waals surface area (Å²) in [5, 5.41) is 13.5. The normalized spacial score (nSPS) is 13.8. The van der Waals surface area contributed by atoms with Gasteiger partial charge in [-0.1, -0.05) is 20.4 Å². The number of nitrogens with one attached hydrogen (secondary N) is 1. The van der Waals surface area contributed by atoms with Crippen molar-refractivity contribution in [3.8, 4) is 5.75 Å². The molecule has 0 aromatic heterocycles. The molecule has 1 aromatic rings. The second kappa shape index (κ2) is 5.34. The van der Waals surface area contributed by atoms with Crippen LogP contribution in [0.25, 0.3) is 0 Å². The standard InChI is InChI=1S/C10H10FN3O.C2H6/c1-6-12-13-10(14(6)2)8-4-3-7(11)5-9(8)15;1-2/h3-5,12,15H,1H2,2H3;1-2H3. The summed E-state index contributed by atoms with van der Waals surface area (Å²) in [6.45, 7) is 7.70. The summed E-state index contributed by atoms with van der Waals surface area (Å²) in [6.07, 6.45) is 0. The van der Waals surface area contributed by atoms with Crippen LogP contribution < -0.4 is 5.43 Å². The number of hydrogen-bond donors (Lipinski definition) is 2. The molecule has 0 fully saturated rings. The highest BCUT2D eigenvalue weighted by atomic mass is 19.1. The molecule has 5 heteroatoms. The first kappa shape index (κ1) is 13.0. The van der Waals surface area contributed by atoms with Crippen LogP contribution in [0, 0.1) is 5.82 Å². The van der Waals surface area contributed by atoms with Gasteiger partial charge in [-0.2, -0.15) is 5.10 Å². The maximum atomic E-state index is 12.8. The van der Waals surface area contributed by atoms with Crippen LogP contribution in [-0.2, 0) is 0 Å². The molecule has 0 spiro atoms. The average molecular weight is 237 g/mol. The van der Waals surface area contributed by atoms with Crippen molar-refractivity contribution in [2.45, 2.75) is 13.8 Å². The fraction of sp³-hybridized carbons (Fsp3) is 0.250. The molecule has 0 saturated carbocycles. The van der Waals surface area contributed by atoms with E-state index in [2.05, 4.69) is 17.1 Å². The van der Waals surface area contributed by atoms with Gasteiger partial charge in [0.25, 0.3) is 0 Å². The lowest BCUT2D eigenvalue weighted by atomic mass is 10.1. The van der Waals surface area contributed by atoms with E-state index in [1.807, 2.05) is 13.8 Å². The van der Waals surface area contributed by atoms with E-state index in [0.29, 0.717) is 17.2 Å². The molecule has 1 aliphatic heterocycles. The number of aromatic hydroxyl groups is 1. The molecule has 4 nitrogen and oxygen atoms in total. The van der Waals surface area contributed by atoms with Gasteiger partial charge in [-0.15, -0.1) is 0 Å². The van der Waals surface area contributed by atoms with Crippen molar-refractivity contribution < 1.29 is 9.50 Å².